The number of nitrogens with zero attached hydrogens (tertiary/aromatic N) is 1. The second-order valence-electron chi connectivity index (χ2n) is 5.60. The minimum absolute atomic E-state index is 0.0662. The number of likely N-dealkylation sites (tertiary alicyclic amines) is 1. The van der Waals surface area contributed by atoms with E-state index in [0.29, 0.717) is 24.3 Å². The molecule has 1 aromatic carbocycles. The van der Waals surface area contributed by atoms with Crippen LogP contribution in [-0.4, -0.2) is 48.9 Å². The number of nitrogens with two attached hydrogens (primary N) is 1. The van der Waals surface area contributed by atoms with Gasteiger partial charge in [0, 0.05) is 36.9 Å². The largest absolute Gasteiger partial charge is 0.352 e. The monoisotopic (exact) mass is 304 g/mol. The lowest BCUT2D eigenvalue weighted by molar-refractivity contribution is -0.117. The summed E-state index contributed by atoms with van der Waals surface area (Å²) in [6.45, 7) is 4.51. The van der Waals surface area contributed by atoms with Gasteiger partial charge in [-0.2, -0.15) is 0 Å². The summed E-state index contributed by atoms with van der Waals surface area (Å²) in [6, 6.07) is 7.22. The van der Waals surface area contributed by atoms with Gasteiger partial charge in [-0.3, -0.25) is 14.5 Å². The van der Waals surface area contributed by atoms with Gasteiger partial charge in [0.1, 0.15) is 0 Å². The van der Waals surface area contributed by atoms with Crippen LogP contribution >= 0.6 is 0 Å². The molecule has 1 aliphatic rings. The molecule has 120 valence electrons. The molecule has 2 rings (SSSR count). The molecule has 0 spiro atoms. The maximum absolute atomic E-state index is 12.1. The highest BCUT2D eigenvalue weighted by Crippen LogP contribution is 2.12. The molecular weight excluding hydrogens is 280 g/mol. The lowest BCUT2D eigenvalue weighted by Gasteiger charge is -2.29. The average molecular weight is 304 g/mol. The fourth-order valence-corrected chi connectivity index (χ4v) is 2.52. The van der Waals surface area contributed by atoms with Gasteiger partial charge in [0.05, 0.1) is 6.54 Å². The van der Waals surface area contributed by atoms with E-state index in [0.717, 1.165) is 25.9 Å². The van der Waals surface area contributed by atoms with Crippen molar-refractivity contribution in [2.45, 2.75) is 25.8 Å². The van der Waals surface area contributed by atoms with Crippen LogP contribution in [0.1, 0.15) is 30.1 Å². The number of hydrogen-bond acceptors (Lipinski definition) is 4. The number of benzene rings is 1. The molecule has 4 N–H and O–H groups in total. The van der Waals surface area contributed by atoms with E-state index >= 15 is 0 Å². The van der Waals surface area contributed by atoms with Gasteiger partial charge in [-0.15, -0.1) is 0 Å². The van der Waals surface area contributed by atoms with Crippen LogP contribution in [0.5, 0.6) is 0 Å². The Bertz CT molecular complexity index is 525. The van der Waals surface area contributed by atoms with Gasteiger partial charge in [-0.05, 0) is 38.0 Å². The maximum Gasteiger partial charge on any atom is 0.251 e. The molecular formula is C16H24N4O2. The molecule has 1 aromatic rings. The molecule has 0 saturated carbocycles. The van der Waals surface area contributed by atoms with E-state index in [2.05, 4.69) is 15.5 Å². The van der Waals surface area contributed by atoms with Gasteiger partial charge in [0.2, 0.25) is 5.91 Å². The van der Waals surface area contributed by atoms with E-state index in [1.807, 2.05) is 6.92 Å². The fraction of sp³-hybridized carbons (Fsp3) is 0.500. The number of piperidine rings is 1. The molecule has 0 aliphatic carbocycles. The molecule has 22 heavy (non-hydrogen) atoms. The summed E-state index contributed by atoms with van der Waals surface area (Å²) in [5.74, 6) is -0.202. The Morgan fingerprint density at radius 1 is 1.32 bits per heavy atom. The first-order chi connectivity index (χ1) is 10.6. The van der Waals surface area contributed by atoms with Crippen molar-refractivity contribution in [1.29, 1.82) is 0 Å². The molecule has 6 nitrogen and oxygen atoms in total. The van der Waals surface area contributed by atoms with Crippen molar-refractivity contribution in [3.05, 3.63) is 29.8 Å². The minimum Gasteiger partial charge on any atom is -0.352 e. The Labute approximate surface area is 131 Å². The number of rotatable bonds is 5. The van der Waals surface area contributed by atoms with E-state index in [9.17, 15) is 9.59 Å². The van der Waals surface area contributed by atoms with E-state index in [-0.39, 0.29) is 17.9 Å². The fourth-order valence-electron chi connectivity index (χ4n) is 2.52. The van der Waals surface area contributed by atoms with Crippen molar-refractivity contribution in [3.63, 3.8) is 0 Å². The van der Waals surface area contributed by atoms with E-state index in [1.54, 1.807) is 24.3 Å². The van der Waals surface area contributed by atoms with Gasteiger partial charge < -0.3 is 16.4 Å². The summed E-state index contributed by atoms with van der Waals surface area (Å²) < 4.78 is 0. The summed E-state index contributed by atoms with van der Waals surface area (Å²) in [7, 11) is 0. The van der Waals surface area contributed by atoms with Crippen LogP contribution in [0.3, 0.4) is 0 Å². The number of hydrogen-bond donors (Lipinski definition) is 3. The van der Waals surface area contributed by atoms with Gasteiger partial charge in [0.15, 0.2) is 0 Å². The Morgan fingerprint density at radius 3 is 2.73 bits per heavy atom. The van der Waals surface area contributed by atoms with Crippen molar-refractivity contribution in [2.24, 2.45) is 5.73 Å². The van der Waals surface area contributed by atoms with E-state index < -0.39 is 0 Å². The predicted octanol–water partition coefficient (Wildman–Crippen LogP) is 0.798. The molecule has 0 bridgehead atoms. The SMILES string of the molecule is CCNC(=O)c1cccc(NC(=O)CN2CCC(N)CC2)c1. The number of anilines is 1. The topological polar surface area (TPSA) is 87.5 Å². The first-order valence-corrected chi connectivity index (χ1v) is 7.74. The molecule has 1 heterocycles. The normalized spacial score (nSPS) is 16.3. The lowest BCUT2D eigenvalue weighted by atomic mass is 10.1. The number of amides is 2. The summed E-state index contributed by atoms with van der Waals surface area (Å²) in [5.41, 5.74) is 7.04. The van der Waals surface area contributed by atoms with Crippen LogP contribution in [-0.2, 0) is 4.79 Å². The van der Waals surface area contributed by atoms with Crippen LogP contribution in [0.2, 0.25) is 0 Å². The summed E-state index contributed by atoms with van der Waals surface area (Å²) in [6.07, 6.45) is 1.86. The average Bonchev–Trinajstić information content (AvgIpc) is 2.50. The molecule has 1 fully saturated rings. The molecule has 0 aromatic heterocycles. The minimum atomic E-state index is -0.136. The summed E-state index contributed by atoms with van der Waals surface area (Å²) in [4.78, 5) is 26.0. The van der Waals surface area contributed by atoms with Crippen molar-refractivity contribution in [1.82, 2.24) is 10.2 Å². The van der Waals surface area contributed by atoms with Crippen LogP contribution in [0.25, 0.3) is 0 Å². The Balaban J connectivity index is 1.88. The molecule has 0 unspecified atom stereocenters. The van der Waals surface area contributed by atoms with E-state index in [1.165, 1.54) is 0 Å². The highest BCUT2D eigenvalue weighted by Gasteiger charge is 2.18. The van der Waals surface area contributed by atoms with Gasteiger partial charge in [-0.1, -0.05) is 6.07 Å². The molecule has 1 saturated heterocycles. The molecule has 1 aliphatic heterocycles. The van der Waals surface area contributed by atoms with Crippen LogP contribution < -0.4 is 16.4 Å². The zero-order chi connectivity index (χ0) is 15.9. The van der Waals surface area contributed by atoms with Gasteiger partial charge in [-0.25, -0.2) is 0 Å². The van der Waals surface area contributed by atoms with Gasteiger partial charge in [0.25, 0.3) is 5.91 Å². The Hall–Kier alpha value is -1.92. The Morgan fingerprint density at radius 2 is 2.05 bits per heavy atom. The standard InChI is InChI=1S/C16H24N4O2/c1-2-18-16(22)12-4-3-5-14(10-12)19-15(21)11-20-8-6-13(17)7-9-20/h3-5,10,13H,2,6-9,11,17H2,1H3,(H,18,22)(H,19,21). The maximum atomic E-state index is 12.1. The van der Waals surface area contributed by atoms with Crippen molar-refractivity contribution >= 4 is 17.5 Å². The van der Waals surface area contributed by atoms with Crippen molar-refractivity contribution in [3.8, 4) is 0 Å². The number of carbonyl (C=O) groups is 2. The van der Waals surface area contributed by atoms with Crippen LogP contribution in [0.15, 0.2) is 24.3 Å². The highest BCUT2D eigenvalue weighted by atomic mass is 16.2. The van der Waals surface area contributed by atoms with Crippen LogP contribution in [0, 0.1) is 0 Å². The number of nitrogens with one attached hydrogen (secondary N) is 2. The molecule has 2 amide bonds. The third-order valence-electron chi connectivity index (χ3n) is 3.75. The first-order valence-electron chi connectivity index (χ1n) is 7.74. The zero-order valence-electron chi connectivity index (χ0n) is 13.0. The summed E-state index contributed by atoms with van der Waals surface area (Å²) >= 11 is 0. The molecule has 0 radical (unpaired) electrons. The highest BCUT2D eigenvalue weighted by molar-refractivity contribution is 5.97. The smallest absolute Gasteiger partial charge is 0.251 e. The third-order valence-corrected chi connectivity index (χ3v) is 3.75. The molecule has 0 atom stereocenters. The lowest BCUT2D eigenvalue weighted by Crippen LogP contribution is -2.43. The second kappa shape index (κ2) is 7.91. The van der Waals surface area contributed by atoms with Gasteiger partial charge >= 0.3 is 0 Å². The zero-order valence-corrected chi connectivity index (χ0v) is 13.0. The summed E-state index contributed by atoms with van der Waals surface area (Å²) in [5, 5.41) is 5.59. The van der Waals surface area contributed by atoms with E-state index in [4.69, 9.17) is 5.73 Å². The van der Waals surface area contributed by atoms with Crippen LogP contribution in [0.4, 0.5) is 5.69 Å². The second-order valence-corrected chi connectivity index (χ2v) is 5.60. The third kappa shape index (κ3) is 4.82. The predicted molar refractivity (Wildman–Crippen MR) is 86.7 cm³/mol. The van der Waals surface area contributed by atoms with Crippen molar-refractivity contribution < 1.29 is 9.59 Å². The quantitative estimate of drug-likeness (QED) is 0.751. The molecule has 6 heteroatoms. The van der Waals surface area contributed by atoms with Crippen molar-refractivity contribution in [2.75, 3.05) is 31.5 Å². The first kappa shape index (κ1) is 16.5. The number of carbonyl (C=O) groups excluding carboxylic acids is 2. The Kier molecular flexibility index (Phi) is 5.91.